The molecule has 0 saturated heterocycles. The summed E-state index contributed by atoms with van der Waals surface area (Å²) in [5.74, 6) is -0.567. The minimum absolute atomic E-state index is 0.0686. The van der Waals surface area contributed by atoms with Crippen LogP contribution in [0.15, 0.2) is 54.8 Å². The number of alkyl halides is 2. The molecule has 0 fully saturated rings. The molecular weight excluding hydrogens is 422 g/mol. The number of amides is 1. The summed E-state index contributed by atoms with van der Waals surface area (Å²) in [5.41, 5.74) is -1.13. The first-order chi connectivity index (χ1) is 15.3. The molecule has 3 aromatic heterocycles. The Hall–Kier alpha value is -4.22. The molecule has 166 valence electrons. The highest BCUT2D eigenvalue weighted by atomic mass is 19.3. The van der Waals surface area contributed by atoms with Crippen LogP contribution in [-0.2, 0) is 4.79 Å². The van der Waals surface area contributed by atoms with Crippen LogP contribution in [0.5, 0.6) is 5.75 Å². The quantitative estimate of drug-likeness (QED) is 0.310. The summed E-state index contributed by atoms with van der Waals surface area (Å²) in [7, 11) is 0. The van der Waals surface area contributed by atoms with E-state index >= 15 is 0 Å². The van der Waals surface area contributed by atoms with Crippen LogP contribution in [-0.4, -0.2) is 47.9 Å². The van der Waals surface area contributed by atoms with Gasteiger partial charge in [-0.15, -0.1) is 10.2 Å². The molecule has 3 aromatic rings. The molecule has 0 bridgehead atoms. The summed E-state index contributed by atoms with van der Waals surface area (Å²) in [6.07, 6.45) is 1.81. The lowest BCUT2D eigenvalue weighted by Gasteiger charge is -2.12. The molecule has 0 unspecified atom stereocenters. The lowest BCUT2D eigenvalue weighted by atomic mass is 10.1. The van der Waals surface area contributed by atoms with E-state index < -0.39 is 23.6 Å². The first kappa shape index (κ1) is 22.5. The fraction of sp³-hybridized carbons (Fsp3) is 0.200. The minimum Gasteiger partial charge on any atom is -0.506 e. The Morgan fingerprint density at radius 3 is 2.75 bits per heavy atom. The number of nitrogens with one attached hydrogen (secondary N) is 3. The Balaban J connectivity index is 1.85. The summed E-state index contributed by atoms with van der Waals surface area (Å²) in [6.45, 7) is 3.89. The average molecular weight is 442 g/mol. The zero-order chi connectivity index (χ0) is 23.3. The standard InChI is InChI=1S/C20H20F2N8O2/c1-11(2)30-10-26-29-19(30)15-4-3-5-16(27-15)28-20(32)14(17(23)18(21)22)9-25-12-6-13(31)8-24-7-12/h3-11,18,23,25,31H,1-2H3,(H,27,28,32)/b14-9+,23-17?. The zero-order valence-electron chi connectivity index (χ0n) is 17.1. The predicted molar refractivity (Wildman–Crippen MR) is 114 cm³/mol. The number of aromatic nitrogens is 5. The van der Waals surface area contributed by atoms with Gasteiger partial charge in [-0.05, 0) is 26.0 Å². The highest BCUT2D eigenvalue weighted by Crippen LogP contribution is 2.20. The molecule has 0 atom stereocenters. The van der Waals surface area contributed by atoms with E-state index in [1.807, 2.05) is 13.8 Å². The van der Waals surface area contributed by atoms with E-state index in [9.17, 15) is 18.7 Å². The van der Waals surface area contributed by atoms with Crippen molar-refractivity contribution < 1.29 is 18.7 Å². The molecule has 12 heteroatoms. The fourth-order valence-electron chi connectivity index (χ4n) is 2.66. The smallest absolute Gasteiger partial charge is 0.280 e. The molecule has 32 heavy (non-hydrogen) atoms. The summed E-state index contributed by atoms with van der Waals surface area (Å²) >= 11 is 0. The number of carbonyl (C=O) groups is 1. The van der Waals surface area contributed by atoms with Crippen molar-refractivity contribution in [1.29, 1.82) is 5.41 Å². The van der Waals surface area contributed by atoms with Gasteiger partial charge in [0.05, 0.1) is 23.7 Å². The van der Waals surface area contributed by atoms with Gasteiger partial charge in [-0.2, -0.15) is 0 Å². The number of pyridine rings is 2. The molecule has 0 aliphatic rings. The second-order valence-corrected chi connectivity index (χ2v) is 6.87. The number of nitrogens with zero attached hydrogens (tertiary/aromatic N) is 5. The van der Waals surface area contributed by atoms with Crippen LogP contribution in [0.3, 0.4) is 0 Å². The van der Waals surface area contributed by atoms with Crippen molar-refractivity contribution >= 4 is 23.1 Å². The Bertz CT molecular complexity index is 1160. The van der Waals surface area contributed by atoms with Crippen LogP contribution in [0.1, 0.15) is 19.9 Å². The normalized spacial score (nSPS) is 11.6. The highest BCUT2D eigenvalue weighted by molar-refractivity contribution is 6.25. The van der Waals surface area contributed by atoms with Gasteiger partial charge < -0.3 is 20.3 Å². The monoisotopic (exact) mass is 442 g/mol. The Morgan fingerprint density at radius 2 is 2.06 bits per heavy atom. The Morgan fingerprint density at radius 1 is 1.28 bits per heavy atom. The molecule has 0 saturated carbocycles. The van der Waals surface area contributed by atoms with Crippen LogP contribution >= 0.6 is 0 Å². The first-order valence-electron chi connectivity index (χ1n) is 9.42. The third-order valence-corrected chi connectivity index (χ3v) is 4.21. The SMILES string of the molecule is CC(C)n1cnnc1-c1cccc(NC(=O)/C(=C/Nc2cncc(O)c2)C(=N)C(F)F)n1. The highest BCUT2D eigenvalue weighted by Gasteiger charge is 2.23. The fourth-order valence-corrected chi connectivity index (χ4v) is 2.66. The maximum atomic E-state index is 13.2. The largest absolute Gasteiger partial charge is 0.506 e. The maximum absolute atomic E-state index is 13.2. The van der Waals surface area contributed by atoms with Crippen LogP contribution in [0.4, 0.5) is 20.3 Å². The molecule has 3 rings (SSSR count). The van der Waals surface area contributed by atoms with Gasteiger partial charge in [0.15, 0.2) is 5.82 Å². The van der Waals surface area contributed by atoms with Gasteiger partial charge in [-0.3, -0.25) is 15.2 Å². The van der Waals surface area contributed by atoms with Crippen molar-refractivity contribution in [2.24, 2.45) is 0 Å². The van der Waals surface area contributed by atoms with Crippen molar-refractivity contribution in [3.05, 3.63) is 54.8 Å². The predicted octanol–water partition coefficient (Wildman–Crippen LogP) is 3.24. The number of aromatic hydroxyl groups is 1. The Labute approximate surface area is 181 Å². The third-order valence-electron chi connectivity index (χ3n) is 4.21. The van der Waals surface area contributed by atoms with Gasteiger partial charge in [0.25, 0.3) is 12.3 Å². The molecule has 1 amide bonds. The van der Waals surface area contributed by atoms with E-state index in [2.05, 4.69) is 30.8 Å². The molecule has 10 nitrogen and oxygen atoms in total. The minimum atomic E-state index is -3.18. The second-order valence-electron chi connectivity index (χ2n) is 6.87. The lowest BCUT2D eigenvalue weighted by molar-refractivity contribution is -0.112. The molecule has 3 heterocycles. The maximum Gasteiger partial charge on any atom is 0.280 e. The van der Waals surface area contributed by atoms with E-state index in [4.69, 9.17) is 5.41 Å². The van der Waals surface area contributed by atoms with Gasteiger partial charge in [0.2, 0.25) is 0 Å². The summed E-state index contributed by atoms with van der Waals surface area (Å²) < 4.78 is 28.1. The van der Waals surface area contributed by atoms with Gasteiger partial charge in [-0.1, -0.05) is 6.07 Å². The van der Waals surface area contributed by atoms with Gasteiger partial charge in [0.1, 0.15) is 29.3 Å². The van der Waals surface area contributed by atoms with E-state index in [0.717, 1.165) is 6.20 Å². The molecule has 4 N–H and O–H groups in total. The van der Waals surface area contributed by atoms with Gasteiger partial charge in [-0.25, -0.2) is 13.8 Å². The van der Waals surface area contributed by atoms with Gasteiger partial charge >= 0.3 is 0 Å². The zero-order valence-corrected chi connectivity index (χ0v) is 17.1. The van der Waals surface area contributed by atoms with Gasteiger partial charge in [0, 0.05) is 18.3 Å². The van der Waals surface area contributed by atoms with Crippen molar-refractivity contribution in [3.8, 4) is 17.3 Å². The molecule has 0 aliphatic carbocycles. The number of hydrogen-bond acceptors (Lipinski definition) is 8. The number of hydrogen-bond donors (Lipinski definition) is 4. The average Bonchev–Trinajstić information content (AvgIpc) is 3.24. The van der Waals surface area contributed by atoms with Crippen LogP contribution in [0, 0.1) is 5.41 Å². The lowest BCUT2D eigenvalue weighted by Crippen LogP contribution is -2.25. The molecule has 0 aromatic carbocycles. The topological polar surface area (TPSA) is 142 Å². The Kier molecular flexibility index (Phi) is 6.83. The van der Waals surface area contributed by atoms with Crippen molar-refractivity contribution in [2.45, 2.75) is 26.3 Å². The van der Waals surface area contributed by atoms with E-state index in [1.165, 1.54) is 24.5 Å². The molecular formula is C20H20F2N8O2. The second kappa shape index (κ2) is 9.73. The number of carbonyl (C=O) groups excluding carboxylic acids is 1. The van der Waals surface area contributed by atoms with Crippen molar-refractivity contribution in [3.63, 3.8) is 0 Å². The van der Waals surface area contributed by atoms with Crippen molar-refractivity contribution in [2.75, 3.05) is 10.6 Å². The number of halogens is 2. The van der Waals surface area contributed by atoms with E-state index in [0.29, 0.717) is 11.5 Å². The summed E-state index contributed by atoms with van der Waals surface area (Å²) in [4.78, 5) is 20.7. The summed E-state index contributed by atoms with van der Waals surface area (Å²) in [6, 6.07) is 6.12. The number of anilines is 2. The van der Waals surface area contributed by atoms with E-state index in [1.54, 1.807) is 23.0 Å². The van der Waals surface area contributed by atoms with Crippen LogP contribution in [0.2, 0.25) is 0 Å². The van der Waals surface area contributed by atoms with Crippen LogP contribution in [0.25, 0.3) is 11.5 Å². The van der Waals surface area contributed by atoms with Crippen molar-refractivity contribution in [1.82, 2.24) is 24.7 Å². The molecule has 0 radical (unpaired) electrons. The van der Waals surface area contributed by atoms with E-state index in [-0.39, 0.29) is 23.3 Å². The first-order valence-corrected chi connectivity index (χ1v) is 9.42. The van der Waals surface area contributed by atoms with Crippen LogP contribution < -0.4 is 10.6 Å². The molecule has 0 aliphatic heterocycles. The number of rotatable bonds is 8. The third kappa shape index (κ3) is 5.28. The summed E-state index contributed by atoms with van der Waals surface area (Å²) in [5, 5.41) is 30.0. The molecule has 0 spiro atoms.